The fourth-order valence-electron chi connectivity index (χ4n) is 0.495. The molecule has 0 aliphatic rings. The molecule has 0 saturated carbocycles. The van der Waals surface area contributed by atoms with Crippen molar-refractivity contribution < 1.29 is 22.3 Å². The second-order valence-electron chi connectivity index (χ2n) is 2.16. The minimum absolute atomic E-state index is 0.0945. The van der Waals surface area contributed by atoms with E-state index >= 15 is 0 Å². The van der Waals surface area contributed by atoms with E-state index in [1.54, 1.807) is 0 Å². The van der Waals surface area contributed by atoms with Crippen LogP contribution in [-0.4, -0.2) is 34.7 Å². The van der Waals surface area contributed by atoms with E-state index in [0.717, 1.165) is 0 Å². The molecule has 0 aliphatic heterocycles. The molecule has 0 aromatic carbocycles. The summed E-state index contributed by atoms with van der Waals surface area (Å²) in [6, 6.07) is 0. The van der Waals surface area contributed by atoms with Crippen LogP contribution < -0.4 is 0 Å². The highest BCUT2D eigenvalue weighted by molar-refractivity contribution is 5.78. The molecule has 0 radical (unpaired) electrons. The summed E-state index contributed by atoms with van der Waals surface area (Å²) in [4.78, 5) is 19.9. The largest absolute Gasteiger partial charge is 0.464 e. The maximum absolute atomic E-state index is 11.0. The van der Waals surface area contributed by atoms with Crippen LogP contribution in [0, 0.1) is 10.1 Å². The molecule has 12 heavy (non-hydrogen) atoms. The van der Waals surface area contributed by atoms with Gasteiger partial charge in [-0.05, 0) is 13.8 Å². The van der Waals surface area contributed by atoms with Gasteiger partial charge in [-0.2, -0.15) is 0 Å². The first kappa shape index (κ1) is 7.48. The van der Waals surface area contributed by atoms with Crippen LogP contribution in [0.4, 0.5) is 0 Å². The SMILES string of the molecule is [2H]C([2H])([N+](=O)[O-])C(C)(O)C(=O)OCC. The van der Waals surface area contributed by atoms with Crippen molar-refractivity contribution in [1.29, 1.82) is 0 Å². The normalized spacial score (nSPS) is 18.6. The van der Waals surface area contributed by atoms with Crippen LogP contribution in [0.25, 0.3) is 0 Å². The Bertz CT molecular complexity index is 253. The Morgan fingerprint density at radius 1 is 1.92 bits per heavy atom. The number of carbonyl (C=O) groups excluding carboxylic acids is 1. The van der Waals surface area contributed by atoms with Gasteiger partial charge in [-0.25, -0.2) is 4.79 Å². The quantitative estimate of drug-likeness (QED) is 0.359. The number of esters is 1. The van der Waals surface area contributed by atoms with Crippen molar-refractivity contribution in [3.8, 4) is 0 Å². The van der Waals surface area contributed by atoms with Crippen molar-refractivity contribution in [3.63, 3.8) is 0 Å². The molecular weight excluding hydrogens is 166 g/mol. The highest BCUT2D eigenvalue weighted by Gasteiger charge is 2.37. The van der Waals surface area contributed by atoms with Crippen LogP contribution in [0.5, 0.6) is 0 Å². The highest BCUT2D eigenvalue weighted by Crippen LogP contribution is 2.05. The zero-order chi connectivity index (χ0) is 11.6. The predicted molar refractivity (Wildman–Crippen MR) is 39.1 cm³/mol. The first-order chi connectivity index (χ1) is 6.17. The maximum atomic E-state index is 11.0. The van der Waals surface area contributed by atoms with Crippen molar-refractivity contribution in [2.45, 2.75) is 19.4 Å². The van der Waals surface area contributed by atoms with E-state index in [1.807, 2.05) is 0 Å². The van der Waals surface area contributed by atoms with Crippen molar-refractivity contribution in [3.05, 3.63) is 10.1 Å². The van der Waals surface area contributed by atoms with Crippen LogP contribution in [-0.2, 0) is 9.53 Å². The molecule has 0 rings (SSSR count). The molecule has 1 unspecified atom stereocenters. The third-order valence-electron chi connectivity index (χ3n) is 0.982. The Morgan fingerprint density at radius 3 is 2.75 bits per heavy atom. The van der Waals surface area contributed by atoms with E-state index in [0.29, 0.717) is 6.92 Å². The predicted octanol–water partition coefficient (Wildman–Crippen LogP) is -0.423. The molecule has 1 N–H and O–H groups in total. The maximum Gasteiger partial charge on any atom is 0.344 e. The number of rotatable bonds is 4. The van der Waals surface area contributed by atoms with Crippen molar-refractivity contribution in [2.24, 2.45) is 0 Å². The Balaban J connectivity index is 4.94. The van der Waals surface area contributed by atoms with Gasteiger partial charge in [0.15, 0.2) is 0 Å². The molecule has 6 heteroatoms. The standard InChI is InChI=1S/C6H11NO5/c1-3-12-5(8)6(2,9)4-7(10)11/h9H,3-4H2,1-2H3/i4D2. The Kier molecular flexibility index (Phi) is 2.50. The van der Waals surface area contributed by atoms with Crippen LogP contribution in [0.2, 0.25) is 0 Å². The number of hydrogen-bond acceptors (Lipinski definition) is 5. The second-order valence-corrected chi connectivity index (χ2v) is 2.16. The molecule has 0 spiro atoms. The molecule has 0 saturated heterocycles. The first-order valence-electron chi connectivity index (χ1n) is 4.22. The lowest BCUT2D eigenvalue weighted by molar-refractivity contribution is -0.496. The van der Waals surface area contributed by atoms with Gasteiger partial charge in [0.2, 0.25) is 12.1 Å². The summed E-state index contributed by atoms with van der Waals surface area (Å²) in [6.07, 6.45) is 0. The molecule has 70 valence electrons. The minimum atomic E-state index is -3.28. The summed E-state index contributed by atoms with van der Waals surface area (Å²) in [5.41, 5.74) is -2.80. The topological polar surface area (TPSA) is 89.7 Å². The molecule has 1 atom stereocenters. The molecule has 0 aliphatic carbocycles. The summed E-state index contributed by atoms with van der Waals surface area (Å²) < 4.78 is 18.1. The third kappa shape index (κ3) is 3.29. The highest BCUT2D eigenvalue weighted by atomic mass is 16.6. The molecule has 0 fully saturated rings. The molecule has 0 bridgehead atoms. The monoisotopic (exact) mass is 179 g/mol. The molecule has 0 aromatic rings. The van der Waals surface area contributed by atoms with E-state index in [-0.39, 0.29) is 6.61 Å². The summed E-state index contributed by atoms with van der Waals surface area (Å²) >= 11 is 0. The molecule has 6 nitrogen and oxygen atoms in total. The summed E-state index contributed by atoms with van der Waals surface area (Å²) in [5, 5.41) is 19.6. The lowest BCUT2D eigenvalue weighted by atomic mass is 10.1. The number of carbonyl (C=O) groups is 1. The van der Waals surface area contributed by atoms with Gasteiger partial charge >= 0.3 is 5.97 Å². The summed E-state index contributed by atoms with van der Waals surface area (Å²) in [6.45, 7) is -1.23. The average Bonchev–Trinajstić information content (AvgIpc) is 2.04. The van der Waals surface area contributed by atoms with Crippen LogP contribution >= 0.6 is 0 Å². The number of aliphatic hydroxyl groups is 1. The van der Waals surface area contributed by atoms with Crippen LogP contribution in [0.3, 0.4) is 0 Å². The summed E-state index contributed by atoms with van der Waals surface area (Å²) in [7, 11) is 0. The van der Waals surface area contributed by atoms with Crippen molar-refractivity contribution >= 4 is 5.97 Å². The Morgan fingerprint density at radius 2 is 2.42 bits per heavy atom. The zero-order valence-electron chi connectivity index (χ0n) is 8.73. The van der Waals surface area contributed by atoms with E-state index in [9.17, 15) is 20.0 Å². The minimum Gasteiger partial charge on any atom is -0.464 e. The van der Waals surface area contributed by atoms with E-state index in [1.165, 1.54) is 6.92 Å². The van der Waals surface area contributed by atoms with E-state index < -0.39 is 23.0 Å². The Labute approximate surface area is 72.1 Å². The molecule has 0 amide bonds. The van der Waals surface area contributed by atoms with Gasteiger partial charge in [0.05, 0.1) is 6.61 Å². The van der Waals surface area contributed by atoms with Crippen LogP contribution in [0.1, 0.15) is 16.6 Å². The van der Waals surface area contributed by atoms with Gasteiger partial charge in [0.25, 0.3) is 0 Å². The van der Waals surface area contributed by atoms with Gasteiger partial charge in [0.1, 0.15) is 2.74 Å². The second kappa shape index (κ2) is 4.01. The van der Waals surface area contributed by atoms with Crippen LogP contribution in [0.15, 0.2) is 0 Å². The smallest absolute Gasteiger partial charge is 0.344 e. The van der Waals surface area contributed by atoms with Gasteiger partial charge < -0.3 is 9.84 Å². The number of nitrogens with zero attached hydrogens (tertiary/aromatic N) is 1. The Hall–Kier alpha value is -1.17. The van der Waals surface area contributed by atoms with Crippen molar-refractivity contribution in [2.75, 3.05) is 13.1 Å². The number of hydrogen-bond donors (Lipinski definition) is 1. The number of nitro groups is 1. The van der Waals surface area contributed by atoms with Gasteiger partial charge in [0, 0.05) is 4.92 Å². The van der Waals surface area contributed by atoms with Gasteiger partial charge in [-0.1, -0.05) is 0 Å². The number of ether oxygens (including phenoxy) is 1. The third-order valence-corrected chi connectivity index (χ3v) is 0.982. The van der Waals surface area contributed by atoms with Crippen molar-refractivity contribution in [1.82, 2.24) is 0 Å². The molecular formula is C6H11NO5. The summed E-state index contributed by atoms with van der Waals surface area (Å²) in [5.74, 6) is -1.36. The first-order valence-corrected chi connectivity index (χ1v) is 3.22. The van der Waals surface area contributed by atoms with E-state index in [4.69, 9.17) is 2.74 Å². The molecule has 0 aromatic heterocycles. The van der Waals surface area contributed by atoms with Gasteiger partial charge in [-0.15, -0.1) is 0 Å². The lowest BCUT2D eigenvalue weighted by Gasteiger charge is -2.15. The van der Waals surface area contributed by atoms with Gasteiger partial charge in [-0.3, -0.25) is 10.1 Å². The molecule has 0 heterocycles. The van der Waals surface area contributed by atoms with E-state index in [2.05, 4.69) is 4.74 Å². The fourth-order valence-corrected chi connectivity index (χ4v) is 0.495. The fraction of sp³-hybridized carbons (Fsp3) is 0.833. The zero-order valence-corrected chi connectivity index (χ0v) is 6.73. The lowest BCUT2D eigenvalue weighted by Crippen LogP contribution is -2.43. The average molecular weight is 179 g/mol.